The summed E-state index contributed by atoms with van der Waals surface area (Å²) in [6.07, 6.45) is 0. The summed E-state index contributed by atoms with van der Waals surface area (Å²) in [6, 6.07) is 26.5. The summed E-state index contributed by atoms with van der Waals surface area (Å²) in [4.78, 5) is 4.95. The van der Waals surface area contributed by atoms with Gasteiger partial charge in [-0.2, -0.15) is 0 Å². The third-order valence-electron chi connectivity index (χ3n) is 5.19. The topological polar surface area (TPSA) is 38.1 Å². The van der Waals surface area contributed by atoms with E-state index < -0.39 is 5.41 Å². The van der Waals surface area contributed by atoms with E-state index in [0.717, 1.165) is 28.0 Å². The van der Waals surface area contributed by atoms with Crippen molar-refractivity contribution in [3.63, 3.8) is 0 Å². The van der Waals surface area contributed by atoms with E-state index in [-0.39, 0.29) is 6.61 Å². The minimum atomic E-state index is -0.718. The van der Waals surface area contributed by atoms with Gasteiger partial charge in [0.25, 0.3) is 0 Å². The Balaban J connectivity index is 2.08. The van der Waals surface area contributed by atoms with Crippen molar-refractivity contribution in [3.8, 4) is 0 Å². The molecule has 0 amide bonds. The van der Waals surface area contributed by atoms with Crippen molar-refractivity contribution < 1.29 is 5.11 Å². The first-order valence-electron chi connectivity index (χ1n) is 8.82. The zero-order chi connectivity index (χ0) is 18.1. The van der Waals surface area contributed by atoms with Crippen molar-refractivity contribution in [2.75, 3.05) is 6.61 Å². The number of aliphatic hydroxyl groups is 1. The van der Waals surface area contributed by atoms with Gasteiger partial charge in [-0.25, -0.2) is 4.98 Å². The Kier molecular flexibility index (Phi) is 4.09. The molecule has 0 bridgehead atoms. The van der Waals surface area contributed by atoms with Crippen molar-refractivity contribution in [1.82, 2.24) is 9.55 Å². The van der Waals surface area contributed by atoms with Gasteiger partial charge in [-0.3, -0.25) is 0 Å². The summed E-state index contributed by atoms with van der Waals surface area (Å²) in [7, 11) is 2.03. The molecule has 0 saturated carbocycles. The van der Waals surface area contributed by atoms with Crippen molar-refractivity contribution in [3.05, 3.63) is 101 Å². The summed E-state index contributed by atoms with van der Waals surface area (Å²) in [5.41, 5.74) is 4.56. The highest BCUT2D eigenvalue weighted by molar-refractivity contribution is 5.77. The Morgan fingerprint density at radius 1 is 0.885 bits per heavy atom. The van der Waals surface area contributed by atoms with Crippen LogP contribution in [0.2, 0.25) is 0 Å². The van der Waals surface area contributed by atoms with E-state index in [2.05, 4.69) is 47.9 Å². The molecule has 0 fully saturated rings. The second-order valence-corrected chi connectivity index (χ2v) is 6.78. The van der Waals surface area contributed by atoms with Gasteiger partial charge in [-0.1, -0.05) is 66.7 Å². The van der Waals surface area contributed by atoms with Gasteiger partial charge >= 0.3 is 0 Å². The van der Waals surface area contributed by atoms with E-state index >= 15 is 0 Å². The number of imidazole rings is 1. The molecule has 3 heteroatoms. The van der Waals surface area contributed by atoms with Gasteiger partial charge in [0.2, 0.25) is 0 Å². The first kappa shape index (κ1) is 16.6. The maximum atomic E-state index is 10.7. The van der Waals surface area contributed by atoms with Crippen LogP contribution >= 0.6 is 0 Å². The molecule has 0 aliphatic carbocycles. The Labute approximate surface area is 153 Å². The molecule has 130 valence electrons. The molecule has 3 aromatic carbocycles. The molecule has 0 spiro atoms. The summed E-state index contributed by atoms with van der Waals surface area (Å²) < 4.78 is 2.11. The van der Waals surface area contributed by atoms with E-state index in [4.69, 9.17) is 4.98 Å². The van der Waals surface area contributed by atoms with Crippen LogP contribution in [0.5, 0.6) is 0 Å². The first-order chi connectivity index (χ1) is 12.7. The van der Waals surface area contributed by atoms with Gasteiger partial charge in [0, 0.05) is 7.05 Å². The van der Waals surface area contributed by atoms with Crippen LogP contribution in [0, 0.1) is 6.92 Å². The number of rotatable bonds is 4. The Morgan fingerprint density at radius 2 is 1.46 bits per heavy atom. The van der Waals surface area contributed by atoms with E-state index in [1.165, 1.54) is 5.56 Å². The van der Waals surface area contributed by atoms with E-state index in [1.54, 1.807) is 0 Å². The number of hydrogen-bond donors (Lipinski definition) is 1. The maximum absolute atomic E-state index is 10.7. The molecule has 4 aromatic rings. The fourth-order valence-electron chi connectivity index (χ4n) is 3.81. The van der Waals surface area contributed by atoms with Crippen LogP contribution < -0.4 is 0 Å². The molecule has 1 N–H and O–H groups in total. The standard InChI is InChI=1S/C23H22N2O/c1-17-13-14-20-21(15-17)25(2)22(24-20)23(16-26,18-9-5-3-6-10-18)19-11-7-4-8-12-19/h3-15,26H,16H2,1-2H3. The number of benzene rings is 3. The van der Waals surface area contributed by atoms with Crippen LogP contribution in [0.4, 0.5) is 0 Å². The second-order valence-electron chi connectivity index (χ2n) is 6.78. The molecular weight excluding hydrogens is 320 g/mol. The van der Waals surface area contributed by atoms with Crippen LogP contribution in [-0.4, -0.2) is 21.3 Å². The van der Waals surface area contributed by atoms with Crippen LogP contribution in [0.25, 0.3) is 11.0 Å². The molecule has 4 rings (SSSR count). The molecule has 0 radical (unpaired) electrons. The van der Waals surface area contributed by atoms with Crippen molar-refractivity contribution in [1.29, 1.82) is 0 Å². The molecule has 0 saturated heterocycles. The number of aliphatic hydroxyl groups excluding tert-OH is 1. The number of aromatic nitrogens is 2. The summed E-state index contributed by atoms with van der Waals surface area (Å²) in [5.74, 6) is 0.845. The van der Waals surface area contributed by atoms with Gasteiger partial charge in [0.15, 0.2) is 0 Å². The zero-order valence-corrected chi connectivity index (χ0v) is 15.1. The third kappa shape index (κ3) is 2.44. The van der Waals surface area contributed by atoms with Crippen LogP contribution in [-0.2, 0) is 12.5 Å². The first-order valence-corrected chi connectivity index (χ1v) is 8.82. The fourth-order valence-corrected chi connectivity index (χ4v) is 3.81. The Bertz CT molecular complexity index is 996. The van der Waals surface area contributed by atoms with Gasteiger partial charge in [-0.05, 0) is 35.7 Å². The molecule has 1 heterocycles. The summed E-state index contributed by atoms with van der Waals surface area (Å²) in [6.45, 7) is 2.02. The monoisotopic (exact) mass is 342 g/mol. The molecule has 0 atom stereocenters. The van der Waals surface area contributed by atoms with Crippen molar-refractivity contribution in [2.45, 2.75) is 12.3 Å². The van der Waals surface area contributed by atoms with Crippen LogP contribution in [0.15, 0.2) is 78.9 Å². The van der Waals surface area contributed by atoms with Crippen molar-refractivity contribution in [2.24, 2.45) is 7.05 Å². The number of nitrogens with zero attached hydrogens (tertiary/aromatic N) is 2. The van der Waals surface area contributed by atoms with E-state index in [9.17, 15) is 5.11 Å². The quantitative estimate of drug-likeness (QED) is 0.603. The Hall–Kier alpha value is -2.91. The SMILES string of the molecule is Cc1ccc2nc(C(CO)(c3ccccc3)c3ccccc3)n(C)c2c1. The van der Waals surface area contributed by atoms with Gasteiger partial charge in [0.1, 0.15) is 11.2 Å². The molecular formula is C23H22N2O. The molecule has 1 aromatic heterocycles. The normalized spacial score (nSPS) is 11.8. The third-order valence-corrected chi connectivity index (χ3v) is 5.19. The highest BCUT2D eigenvalue weighted by atomic mass is 16.3. The average molecular weight is 342 g/mol. The predicted octanol–water partition coefficient (Wildman–Crippen LogP) is 4.21. The van der Waals surface area contributed by atoms with Gasteiger partial charge in [0.05, 0.1) is 17.6 Å². The Morgan fingerprint density at radius 3 is 2.00 bits per heavy atom. The lowest BCUT2D eigenvalue weighted by Crippen LogP contribution is -2.36. The number of fused-ring (bicyclic) bond motifs is 1. The molecule has 0 aliphatic rings. The fraction of sp³-hybridized carbons (Fsp3) is 0.174. The average Bonchev–Trinajstić information content (AvgIpc) is 3.01. The highest BCUT2D eigenvalue weighted by Crippen LogP contribution is 2.39. The zero-order valence-electron chi connectivity index (χ0n) is 15.1. The second kappa shape index (κ2) is 6.43. The number of hydrogen-bond acceptors (Lipinski definition) is 2. The summed E-state index contributed by atoms with van der Waals surface area (Å²) in [5, 5.41) is 10.7. The largest absolute Gasteiger partial charge is 0.395 e. The summed E-state index contributed by atoms with van der Waals surface area (Å²) >= 11 is 0. The molecule has 0 aliphatic heterocycles. The maximum Gasteiger partial charge on any atom is 0.127 e. The van der Waals surface area contributed by atoms with Crippen LogP contribution in [0.1, 0.15) is 22.5 Å². The lowest BCUT2D eigenvalue weighted by molar-refractivity contribution is 0.235. The van der Waals surface area contributed by atoms with E-state index in [1.807, 2.05) is 49.5 Å². The predicted molar refractivity (Wildman–Crippen MR) is 105 cm³/mol. The lowest BCUT2D eigenvalue weighted by Gasteiger charge is -2.32. The lowest BCUT2D eigenvalue weighted by atomic mass is 9.74. The molecule has 3 nitrogen and oxygen atoms in total. The van der Waals surface area contributed by atoms with E-state index in [0.29, 0.717) is 0 Å². The van der Waals surface area contributed by atoms with Gasteiger partial charge < -0.3 is 9.67 Å². The number of aryl methyl sites for hydroxylation is 2. The highest BCUT2D eigenvalue weighted by Gasteiger charge is 2.40. The van der Waals surface area contributed by atoms with Gasteiger partial charge in [-0.15, -0.1) is 0 Å². The minimum absolute atomic E-state index is 0.0584. The minimum Gasteiger partial charge on any atom is -0.395 e. The van der Waals surface area contributed by atoms with Crippen LogP contribution in [0.3, 0.4) is 0 Å². The molecule has 0 unspecified atom stereocenters. The molecule has 26 heavy (non-hydrogen) atoms. The van der Waals surface area contributed by atoms with Crippen molar-refractivity contribution >= 4 is 11.0 Å². The smallest absolute Gasteiger partial charge is 0.127 e.